The molecule has 7 heteroatoms. The Bertz CT molecular complexity index is 994. The monoisotopic (exact) mass is 380 g/mol. The first-order valence-corrected chi connectivity index (χ1v) is 9.47. The highest BCUT2D eigenvalue weighted by Crippen LogP contribution is 2.23. The molecular weight excluding hydrogens is 356 g/mol. The molecule has 1 atom stereocenters. The van der Waals surface area contributed by atoms with E-state index in [-0.39, 0.29) is 12.0 Å². The molecule has 0 saturated carbocycles. The maximum absolute atomic E-state index is 13.0. The summed E-state index contributed by atoms with van der Waals surface area (Å²) in [5, 5.41) is 0.984. The van der Waals surface area contributed by atoms with Crippen LogP contribution in [-0.4, -0.2) is 52.1 Å². The third kappa shape index (κ3) is 3.78. The van der Waals surface area contributed by atoms with Crippen molar-refractivity contribution in [2.75, 3.05) is 20.2 Å². The van der Waals surface area contributed by atoms with Crippen molar-refractivity contribution in [1.82, 2.24) is 19.9 Å². The van der Waals surface area contributed by atoms with E-state index in [1.54, 1.807) is 7.11 Å². The molecular formula is C21H24N4O3. The number of hydrogen-bond donors (Lipinski definition) is 1. The second-order valence-electron chi connectivity index (χ2n) is 7.20. The fourth-order valence-electron chi connectivity index (χ4n) is 3.63. The highest BCUT2D eigenvalue weighted by atomic mass is 16.5. The Morgan fingerprint density at radius 1 is 1.18 bits per heavy atom. The van der Waals surface area contributed by atoms with Crippen LogP contribution in [0.2, 0.25) is 0 Å². The number of aryl methyl sites for hydroxylation is 2. The van der Waals surface area contributed by atoms with Gasteiger partial charge in [-0.15, -0.1) is 0 Å². The van der Waals surface area contributed by atoms with E-state index in [0.29, 0.717) is 24.8 Å². The Kier molecular flexibility index (Phi) is 4.90. The van der Waals surface area contributed by atoms with Gasteiger partial charge in [0.15, 0.2) is 0 Å². The topological polar surface area (TPSA) is 80.3 Å². The molecule has 1 aromatic carbocycles. The van der Waals surface area contributed by atoms with Crippen molar-refractivity contribution in [3.05, 3.63) is 47.4 Å². The lowest BCUT2D eigenvalue weighted by molar-refractivity contribution is 0.0510. The van der Waals surface area contributed by atoms with Gasteiger partial charge in [0.1, 0.15) is 17.5 Å². The summed E-state index contributed by atoms with van der Waals surface area (Å²) < 4.78 is 11.2. The van der Waals surface area contributed by atoms with Crippen LogP contribution >= 0.6 is 0 Å². The molecule has 146 valence electrons. The van der Waals surface area contributed by atoms with Gasteiger partial charge in [-0.2, -0.15) is 0 Å². The minimum absolute atomic E-state index is 0.0233. The van der Waals surface area contributed by atoms with Crippen molar-refractivity contribution in [2.24, 2.45) is 0 Å². The largest absolute Gasteiger partial charge is 0.497 e. The Hall–Kier alpha value is -3.09. The van der Waals surface area contributed by atoms with Crippen LogP contribution in [0, 0.1) is 13.8 Å². The van der Waals surface area contributed by atoms with Crippen LogP contribution in [0.5, 0.6) is 11.8 Å². The number of carbonyl (C=O) groups excluding carboxylic acids is 1. The molecule has 4 rings (SSSR count). The predicted octanol–water partition coefficient (Wildman–Crippen LogP) is 3.27. The van der Waals surface area contributed by atoms with Gasteiger partial charge in [-0.3, -0.25) is 4.79 Å². The van der Waals surface area contributed by atoms with Gasteiger partial charge < -0.3 is 19.4 Å². The molecule has 1 aliphatic rings. The standard InChI is InChI=1S/C21H24N4O3/c1-13-9-14(2)23-21(22-13)28-17-5-4-8-25(12-17)20(26)19-10-15-6-7-16(27-3)11-18(15)24-19/h6-7,9-11,17,24H,4-5,8,12H2,1-3H3/t17-/m1/s1. The van der Waals surface area contributed by atoms with Gasteiger partial charge in [-0.25, -0.2) is 9.97 Å². The number of methoxy groups -OCH3 is 1. The van der Waals surface area contributed by atoms with Crippen molar-refractivity contribution in [3.63, 3.8) is 0 Å². The number of hydrogen-bond acceptors (Lipinski definition) is 5. The van der Waals surface area contributed by atoms with E-state index in [4.69, 9.17) is 9.47 Å². The summed E-state index contributed by atoms with van der Waals surface area (Å²) in [6, 6.07) is 9.91. The molecule has 1 amide bonds. The van der Waals surface area contributed by atoms with Crippen LogP contribution in [0.4, 0.5) is 0 Å². The molecule has 0 radical (unpaired) electrons. The normalized spacial score (nSPS) is 17.0. The van der Waals surface area contributed by atoms with Crippen LogP contribution in [0.25, 0.3) is 10.9 Å². The van der Waals surface area contributed by atoms with Crippen molar-refractivity contribution < 1.29 is 14.3 Å². The summed E-state index contributed by atoms with van der Waals surface area (Å²) >= 11 is 0. The third-order valence-electron chi connectivity index (χ3n) is 4.96. The molecule has 1 aliphatic heterocycles. The molecule has 0 aliphatic carbocycles. The average molecular weight is 380 g/mol. The summed E-state index contributed by atoms with van der Waals surface area (Å²) in [5.74, 6) is 0.734. The number of piperidine rings is 1. The summed E-state index contributed by atoms with van der Waals surface area (Å²) in [5.41, 5.74) is 3.21. The number of carbonyl (C=O) groups is 1. The average Bonchev–Trinajstić information content (AvgIpc) is 3.10. The zero-order valence-electron chi connectivity index (χ0n) is 16.4. The number of nitrogens with one attached hydrogen (secondary N) is 1. The van der Waals surface area contributed by atoms with Crippen LogP contribution in [-0.2, 0) is 0 Å². The van der Waals surface area contributed by atoms with Gasteiger partial charge in [0, 0.05) is 34.9 Å². The van der Waals surface area contributed by atoms with Gasteiger partial charge >= 0.3 is 6.01 Å². The minimum Gasteiger partial charge on any atom is -0.497 e. The second-order valence-corrected chi connectivity index (χ2v) is 7.20. The molecule has 0 bridgehead atoms. The summed E-state index contributed by atoms with van der Waals surface area (Å²) in [4.78, 5) is 26.7. The molecule has 7 nitrogen and oxygen atoms in total. The SMILES string of the molecule is COc1ccc2cc(C(=O)N3CCC[C@@H](Oc4nc(C)cc(C)n4)C3)[nH]c2c1. The Morgan fingerprint density at radius 2 is 1.96 bits per heavy atom. The fourth-order valence-corrected chi connectivity index (χ4v) is 3.63. The number of aromatic amines is 1. The maximum atomic E-state index is 13.0. The lowest BCUT2D eigenvalue weighted by atomic mass is 10.1. The Labute approximate surface area is 163 Å². The molecule has 28 heavy (non-hydrogen) atoms. The van der Waals surface area contributed by atoms with Gasteiger partial charge in [0.2, 0.25) is 0 Å². The van der Waals surface area contributed by atoms with Crippen LogP contribution in [0.1, 0.15) is 34.7 Å². The molecule has 1 saturated heterocycles. The van der Waals surface area contributed by atoms with Gasteiger partial charge in [0.05, 0.1) is 13.7 Å². The summed E-state index contributed by atoms with van der Waals surface area (Å²) in [6.07, 6.45) is 1.66. The quantitative estimate of drug-likeness (QED) is 0.751. The van der Waals surface area contributed by atoms with Gasteiger partial charge in [0.25, 0.3) is 5.91 Å². The second kappa shape index (κ2) is 7.50. The van der Waals surface area contributed by atoms with E-state index in [2.05, 4.69) is 15.0 Å². The summed E-state index contributed by atoms with van der Waals surface area (Å²) in [6.45, 7) is 5.07. The Balaban J connectivity index is 1.48. The highest BCUT2D eigenvalue weighted by molar-refractivity contribution is 5.98. The molecule has 3 heterocycles. The highest BCUT2D eigenvalue weighted by Gasteiger charge is 2.27. The molecule has 3 aromatic rings. The molecule has 1 fully saturated rings. The van der Waals surface area contributed by atoms with Gasteiger partial charge in [-0.05, 0) is 51.0 Å². The number of likely N-dealkylation sites (tertiary alicyclic amines) is 1. The number of aromatic nitrogens is 3. The molecule has 2 aromatic heterocycles. The number of fused-ring (bicyclic) bond motifs is 1. The van der Waals surface area contributed by atoms with E-state index < -0.39 is 0 Å². The molecule has 1 N–H and O–H groups in total. The van der Waals surface area contributed by atoms with Crippen molar-refractivity contribution in [3.8, 4) is 11.8 Å². The van der Waals surface area contributed by atoms with Crippen LogP contribution in [0.3, 0.4) is 0 Å². The first-order valence-electron chi connectivity index (χ1n) is 9.47. The lowest BCUT2D eigenvalue weighted by Gasteiger charge is -2.32. The zero-order chi connectivity index (χ0) is 19.7. The van der Waals surface area contributed by atoms with Crippen molar-refractivity contribution in [1.29, 1.82) is 0 Å². The van der Waals surface area contributed by atoms with E-state index in [1.807, 2.05) is 49.1 Å². The predicted molar refractivity (Wildman–Crippen MR) is 106 cm³/mol. The van der Waals surface area contributed by atoms with E-state index in [9.17, 15) is 4.79 Å². The number of benzene rings is 1. The number of rotatable bonds is 4. The maximum Gasteiger partial charge on any atom is 0.317 e. The third-order valence-corrected chi connectivity index (χ3v) is 4.96. The lowest BCUT2D eigenvalue weighted by Crippen LogP contribution is -2.44. The van der Waals surface area contributed by atoms with Gasteiger partial charge in [-0.1, -0.05) is 0 Å². The number of amides is 1. The number of H-pyrrole nitrogens is 1. The molecule has 0 unspecified atom stereocenters. The number of nitrogens with zero attached hydrogens (tertiary/aromatic N) is 3. The zero-order valence-corrected chi connectivity index (χ0v) is 16.4. The van der Waals surface area contributed by atoms with Crippen molar-refractivity contribution in [2.45, 2.75) is 32.8 Å². The smallest absolute Gasteiger partial charge is 0.317 e. The molecule has 0 spiro atoms. The number of ether oxygens (including phenoxy) is 2. The first kappa shape index (κ1) is 18.3. The van der Waals surface area contributed by atoms with Crippen molar-refractivity contribution >= 4 is 16.8 Å². The van der Waals surface area contributed by atoms with E-state index in [1.165, 1.54) is 0 Å². The summed E-state index contributed by atoms with van der Waals surface area (Å²) in [7, 11) is 1.63. The van der Waals surface area contributed by atoms with E-state index >= 15 is 0 Å². The van der Waals surface area contributed by atoms with Crippen LogP contribution < -0.4 is 9.47 Å². The van der Waals surface area contributed by atoms with Crippen LogP contribution in [0.15, 0.2) is 30.3 Å². The first-order chi connectivity index (χ1) is 13.5. The fraction of sp³-hybridized carbons (Fsp3) is 0.381. The van der Waals surface area contributed by atoms with E-state index in [0.717, 1.165) is 40.9 Å². The minimum atomic E-state index is -0.108. The Morgan fingerprint density at radius 3 is 2.71 bits per heavy atom.